The molecule has 0 fully saturated rings. The minimum absolute atomic E-state index is 0.0422. The fourth-order valence-electron chi connectivity index (χ4n) is 2.28. The van der Waals surface area contributed by atoms with Crippen LogP contribution in [0.15, 0.2) is 24.3 Å². The molecule has 2 aromatic rings. The molecule has 0 radical (unpaired) electrons. The summed E-state index contributed by atoms with van der Waals surface area (Å²) < 4.78 is 5.52. The molecule has 1 amide bonds. The predicted octanol–water partition coefficient (Wildman–Crippen LogP) is 2.46. The molecule has 0 aliphatic heterocycles. The van der Waals surface area contributed by atoms with Gasteiger partial charge in [0, 0.05) is 23.7 Å². The number of nitrogens with two attached hydrogens (primary N) is 1. The average molecular weight is 351 g/mol. The van der Waals surface area contributed by atoms with Gasteiger partial charge >= 0.3 is 0 Å². The minimum Gasteiger partial charge on any atom is -0.492 e. The zero-order chi connectivity index (χ0) is 17.5. The number of hydrogen-bond donors (Lipinski definition) is 3. The summed E-state index contributed by atoms with van der Waals surface area (Å²) in [7, 11) is 0. The van der Waals surface area contributed by atoms with E-state index in [0.29, 0.717) is 35.9 Å². The summed E-state index contributed by atoms with van der Waals surface area (Å²) in [5.74, 6) is 0.381. The van der Waals surface area contributed by atoms with E-state index >= 15 is 0 Å². The number of carbonyl (C=O) groups is 1. The summed E-state index contributed by atoms with van der Waals surface area (Å²) in [6.07, 6.45) is 1.41. The monoisotopic (exact) mass is 350 g/mol. The Morgan fingerprint density at radius 2 is 2.25 bits per heavy atom. The Bertz CT molecular complexity index is 687. The van der Waals surface area contributed by atoms with Crippen LogP contribution in [-0.4, -0.2) is 35.3 Å². The number of ether oxygens (including phenoxy) is 1. The first-order chi connectivity index (χ1) is 11.5. The molecule has 0 unspecified atom stereocenters. The number of carbonyl (C=O) groups excluding carboxylic acids is 1. The van der Waals surface area contributed by atoms with Gasteiger partial charge in [-0.1, -0.05) is 11.6 Å². The Morgan fingerprint density at radius 3 is 2.88 bits per heavy atom. The van der Waals surface area contributed by atoms with Crippen LogP contribution in [0.2, 0.25) is 5.02 Å². The predicted molar refractivity (Wildman–Crippen MR) is 94.6 cm³/mol. The average Bonchev–Trinajstić information content (AvgIpc) is 2.93. The molecule has 24 heavy (non-hydrogen) atoms. The molecule has 1 heterocycles. The van der Waals surface area contributed by atoms with Crippen LogP contribution in [0, 0.1) is 6.92 Å². The van der Waals surface area contributed by atoms with Gasteiger partial charge in [0.1, 0.15) is 5.75 Å². The third-order valence-corrected chi connectivity index (χ3v) is 3.75. The van der Waals surface area contributed by atoms with Crippen molar-refractivity contribution in [3.05, 3.63) is 46.2 Å². The second kappa shape index (κ2) is 8.70. The first-order valence-electron chi connectivity index (χ1n) is 7.93. The molecule has 6 nitrogen and oxygen atoms in total. The van der Waals surface area contributed by atoms with Gasteiger partial charge in [-0.05, 0) is 51.1 Å². The number of hydrogen-bond acceptors (Lipinski definition) is 4. The maximum absolute atomic E-state index is 12.3. The van der Waals surface area contributed by atoms with Gasteiger partial charge < -0.3 is 15.8 Å². The Balaban J connectivity index is 1.92. The van der Waals surface area contributed by atoms with Gasteiger partial charge in [0.05, 0.1) is 17.3 Å². The first-order valence-corrected chi connectivity index (χ1v) is 8.31. The molecule has 0 saturated heterocycles. The first kappa shape index (κ1) is 18.3. The molecule has 1 atom stereocenters. The van der Waals surface area contributed by atoms with Gasteiger partial charge in [0.25, 0.3) is 5.91 Å². The molecule has 130 valence electrons. The Hall–Kier alpha value is -2.05. The topological polar surface area (TPSA) is 93.0 Å². The summed E-state index contributed by atoms with van der Waals surface area (Å²) in [5, 5.41) is 10.4. The van der Waals surface area contributed by atoms with E-state index in [4.69, 9.17) is 22.1 Å². The van der Waals surface area contributed by atoms with Gasteiger partial charge in [0.15, 0.2) is 0 Å². The molecule has 0 saturated carbocycles. The van der Waals surface area contributed by atoms with E-state index in [1.165, 1.54) is 0 Å². The van der Waals surface area contributed by atoms with Crippen molar-refractivity contribution in [1.29, 1.82) is 0 Å². The molecule has 4 N–H and O–H groups in total. The highest BCUT2D eigenvalue weighted by molar-refractivity contribution is 6.32. The quantitative estimate of drug-likeness (QED) is 0.637. The Labute approximate surface area is 146 Å². The number of nitrogens with zero attached hydrogens (tertiary/aromatic N) is 1. The largest absolute Gasteiger partial charge is 0.492 e. The lowest BCUT2D eigenvalue weighted by atomic mass is 10.1. The van der Waals surface area contributed by atoms with Gasteiger partial charge in [-0.2, -0.15) is 5.10 Å². The molecule has 0 spiro atoms. The lowest BCUT2D eigenvalue weighted by Gasteiger charge is -2.13. The van der Waals surface area contributed by atoms with E-state index in [0.717, 1.165) is 17.8 Å². The van der Waals surface area contributed by atoms with Crippen LogP contribution in [0.25, 0.3) is 0 Å². The highest BCUT2D eigenvalue weighted by Gasteiger charge is 2.13. The smallest absolute Gasteiger partial charge is 0.251 e. The summed E-state index contributed by atoms with van der Waals surface area (Å²) in [4.78, 5) is 12.3. The van der Waals surface area contributed by atoms with Crippen LogP contribution in [-0.2, 0) is 6.42 Å². The van der Waals surface area contributed by atoms with Gasteiger partial charge in [-0.15, -0.1) is 0 Å². The number of rotatable bonds is 8. The molecular formula is C17H23ClN4O2. The normalized spacial score (nSPS) is 12.0. The van der Waals surface area contributed by atoms with E-state index in [1.807, 2.05) is 19.9 Å². The van der Waals surface area contributed by atoms with Crippen molar-refractivity contribution in [3.63, 3.8) is 0 Å². The third-order valence-electron chi connectivity index (χ3n) is 3.45. The standard InChI is InChI=1S/C17H23ClN4O2/c1-11(8-14-9-12(2)21-22-14)20-17(23)13-4-5-16(15(18)10-13)24-7-3-6-19/h4-5,9-11H,3,6-8,19H2,1-2H3,(H,20,23)(H,21,22)/t11-/m0/s1. The van der Waals surface area contributed by atoms with Crippen LogP contribution in [0.1, 0.15) is 35.1 Å². The fourth-order valence-corrected chi connectivity index (χ4v) is 2.51. The number of nitrogens with one attached hydrogen (secondary N) is 2. The van der Waals surface area contributed by atoms with E-state index in [2.05, 4.69) is 15.5 Å². The summed E-state index contributed by atoms with van der Waals surface area (Å²) in [6.45, 7) is 4.94. The lowest BCUT2D eigenvalue weighted by Crippen LogP contribution is -2.34. The van der Waals surface area contributed by atoms with Crippen molar-refractivity contribution < 1.29 is 9.53 Å². The van der Waals surface area contributed by atoms with Crippen LogP contribution >= 0.6 is 11.6 Å². The van der Waals surface area contributed by atoms with Crippen molar-refractivity contribution in [1.82, 2.24) is 15.5 Å². The van der Waals surface area contributed by atoms with Gasteiger partial charge in [-0.3, -0.25) is 9.89 Å². The molecule has 1 aromatic heterocycles. The second-order valence-electron chi connectivity index (χ2n) is 5.76. The second-order valence-corrected chi connectivity index (χ2v) is 6.16. The highest BCUT2D eigenvalue weighted by Crippen LogP contribution is 2.25. The van der Waals surface area contributed by atoms with Crippen LogP contribution in [0.4, 0.5) is 0 Å². The molecule has 1 aromatic carbocycles. The number of H-pyrrole nitrogens is 1. The van der Waals surface area contributed by atoms with Crippen LogP contribution in [0.3, 0.4) is 0 Å². The molecule has 0 bridgehead atoms. The summed E-state index contributed by atoms with van der Waals surface area (Å²) in [5.41, 5.74) is 7.84. The van der Waals surface area contributed by atoms with E-state index < -0.39 is 0 Å². The summed E-state index contributed by atoms with van der Waals surface area (Å²) >= 11 is 6.17. The molecule has 0 aliphatic rings. The van der Waals surface area contributed by atoms with Crippen LogP contribution in [0.5, 0.6) is 5.75 Å². The SMILES string of the molecule is Cc1cc(C[C@H](C)NC(=O)c2ccc(OCCCN)c(Cl)c2)n[nH]1. The molecule has 0 aliphatic carbocycles. The Morgan fingerprint density at radius 1 is 1.46 bits per heavy atom. The number of benzene rings is 1. The number of amides is 1. The zero-order valence-corrected chi connectivity index (χ0v) is 14.7. The minimum atomic E-state index is -0.176. The maximum atomic E-state index is 12.3. The number of aromatic nitrogens is 2. The maximum Gasteiger partial charge on any atom is 0.251 e. The number of aryl methyl sites for hydroxylation is 1. The highest BCUT2D eigenvalue weighted by atomic mass is 35.5. The van der Waals surface area contributed by atoms with Gasteiger partial charge in [-0.25, -0.2) is 0 Å². The van der Waals surface area contributed by atoms with Crippen molar-refractivity contribution >= 4 is 17.5 Å². The van der Waals surface area contributed by atoms with Crippen molar-refractivity contribution in [2.24, 2.45) is 5.73 Å². The molecule has 7 heteroatoms. The van der Waals surface area contributed by atoms with E-state index in [9.17, 15) is 4.79 Å². The number of halogens is 1. The molecule has 2 rings (SSSR count). The van der Waals surface area contributed by atoms with E-state index in [1.54, 1.807) is 18.2 Å². The fraction of sp³-hybridized carbons (Fsp3) is 0.412. The van der Waals surface area contributed by atoms with E-state index in [-0.39, 0.29) is 11.9 Å². The lowest BCUT2D eigenvalue weighted by molar-refractivity contribution is 0.0940. The van der Waals surface area contributed by atoms with Crippen molar-refractivity contribution in [2.75, 3.05) is 13.2 Å². The van der Waals surface area contributed by atoms with Crippen molar-refractivity contribution in [2.45, 2.75) is 32.7 Å². The summed E-state index contributed by atoms with van der Waals surface area (Å²) in [6, 6.07) is 6.94. The third kappa shape index (κ3) is 5.25. The van der Waals surface area contributed by atoms with Crippen molar-refractivity contribution in [3.8, 4) is 5.75 Å². The number of aromatic amines is 1. The zero-order valence-electron chi connectivity index (χ0n) is 13.9. The Kier molecular flexibility index (Phi) is 6.63. The van der Waals surface area contributed by atoms with Crippen LogP contribution < -0.4 is 15.8 Å². The van der Waals surface area contributed by atoms with Gasteiger partial charge in [0.2, 0.25) is 0 Å². The molecular weight excluding hydrogens is 328 g/mol.